The third-order valence-corrected chi connectivity index (χ3v) is 3.36. The third-order valence-electron chi connectivity index (χ3n) is 2.30. The van der Waals surface area contributed by atoms with Crippen LogP contribution in [0.4, 0.5) is 5.95 Å². The fourth-order valence-corrected chi connectivity index (χ4v) is 2.44. The van der Waals surface area contributed by atoms with Crippen molar-refractivity contribution in [1.29, 1.82) is 0 Å². The van der Waals surface area contributed by atoms with Crippen LogP contribution in [0.5, 0.6) is 0 Å². The molecule has 0 aliphatic heterocycles. The molecule has 6 heteroatoms. The Morgan fingerprint density at radius 3 is 3.06 bits per heavy atom. The van der Waals surface area contributed by atoms with E-state index < -0.39 is 0 Å². The molecule has 0 atom stereocenters. The molecule has 0 aliphatic rings. The molecule has 0 spiro atoms. The maximum Gasteiger partial charge on any atom is 0.226 e. The van der Waals surface area contributed by atoms with E-state index in [9.17, 15) is 4.79 Å². The van der Waals surface area contributed by atoms with Gasteiger partial charge in [-0.05, 0) is 31.9 Å². The molecule has 0 radical (unpaired) electrons. The van der Waals surface area contributed by atoms with E-state index in [1.165, 1.54) is 16.1 Å². The van der Waals surface area contributed by atoms with Gasteiger partial charge in [0, 0.05) is 16.2 Å². The van der Waals surface area contributed by atoms with E-state index in [0.717, 1.165) is 12.8 Å². The highest BCUT2D eigenvalue weighted by Gasteiger charge is 2.04. The summed E-state index contributed by atoms with van der Waals surface area (Å²) in [5, 5.41) is 8.89. The Kier molecular flexibility index (Phi) is 3.87. The van der Waals surface area contributed by atoms with Gasteiger partial charge >= 0.3 is 0 Å². The predicted octanol–water partition coefficient (Wildman–Crippen LogP) is 2.14. The quantitative estimate of drug-likeness (QED) is 0.854. The summed E-state index contributed by atoms with van der Waals surface area (Å²) in [4.78, 5) is 18.0. The van der Waals surface area contributed by atoms with Gasteiger partial charge in [0.05, 0.1) is 0 Å². The molecule has 2 aromatic rings. The zero-order valence-corrected chi connectivity index (χ0v) is 10.4. The molecule has 2 N–H and O–H groups in total. The summed E-state index contributed by atoms with van der Waals surface area (Å²) in [7, 11) is 0. The van der Waals surface area contributed by atoms with E-state index in [0.29, 0.717) is 12.4 Å². The minimum atomic E-state index is -0.0324. The number of rotatable bonds is 5. The number of carbonyl (C=O) groups excluding carboxylic acids is 1. The van der Waals surface area contributed by atoms with E-state index in [1.54, 1.807) is 11.3 Å². The van der Waals surface area contributed by atoms with E-state index in [4.69, 9.17) is 0 Å². The van der Waals surface area contributed by atoms with Crippen molar-refractivity contribution >= 4 is 23.2 Å². The van der Waals surface area contributed by atoms with Gasteiger partial charge in [0.15, 0.2) is 0 Å². The normalized spacial score (nSPS) is 10.4. The molecule has 0 bridgehead atoms. The Morgan fingerprint density at radius 1 is 1.53 bits per heavy atom. The first kappa shape index (κ1) is 11.8. The van der Waals surface area contributed by atoms with Crippen LogP contribution in [-0.2, 0) is 11.2 Å². The molecule has 0 unspecified atom stereocenters. The number of aromatic amines is 1. The smallest absolute Gasteiger partial charge is 0.226 e. The predicted molar refractivity (Wildman–Crippen MR) is 67.0 cm³/mol. The van der Waals surface area contributed by atoms with Crippen LogP contribution in [0.15, 0.2) is 18.5 Å². The van der Waals surface area contributed by atoms with E-state index in [2.05, 4.69) is 39.6 Å². The number of anilines is 1. The standard InChI is InChI=1S/C11H14N4OS/c1-8-5-6-9(17-8)3-2-4-10(16)14-11-12-7-13-15-11/h5-7H,2-4H2,1H3,(H2,12,13,14,15,16). The highest BCUT2D eigenvalue weighted by Crippen LogP contribution is 2.17. The van der Waals surface area contributed by atoms with Gasteiger partial charge in [0.1, 0.15) is 6.33 Å². The SMILES string of the molecule is Cc1ccc(CCCC(=O)Nc2ncn[nH]2)s1. The molecule has 5 nitrogen and oxygen atoms in total. The lowest BCUT2D eigenvalue weighted by Crippen LogP contribution is -2.12. The Balaban J connectivity index is 1.70. The van der Waals surface area contributed by atoms with Crippen molar-refractivity contribution in [2.45, 2.75) is 26.2 Å². The van der Waals surface area contributed by atoms with Crippen LogP contribution in [0.3, 0.4) is 0 Å². The largest absolute Gasteiger partial charge is 0.295 e. The lowest BCUT2D eigenvalue weighted by Gasteiger charge is -2.00. The van der Waals surface area contributed by atoms with Crippen molar-refractivity contribution in [3.05, 3.63) is 28.2 Å². The van der Waals surface area contributed by atoms with Crippen molar-refractivity contribution < 1.29 is 4.79 Å². The van der Waals surface area contributed by atoms with Gasteiger partial charge in [0.25, 0.3) is 0 Å². The molecule has 2 aromatic heterocycles. The second-order valence-corrected chi connectivity index (χ2v) is 5.12. The van der Waals surface area contributed by atoms with Crippen molar-refractivity contribution in [2.75, 3.05) is 5.32 Å². The Bertz CT molecular complexity index is 477. The molecule has 17 heavy (non-hydrogen) atoms. The Labute approximate surface area is 103 Å². The summed E-state index contributed by atoms with van der Waals surface area (Å²) in [6.45, 7) is 2.09. The number of hydrogen-bond acceptors (Lipinski definition) is 4. The van der Waals surface area contributed by atoms with Gasteiger partial charge in [-0.1, -0.05) is 0 Å². The number of hydrogen-bond donors (Lipinski definition) is 2. The van der Waals surface area contributed by atoms with Crippen molar-refractivity contribution in [2.24, 2.45) is 0 Å². The number of carbonyl (C=O) groups is 1. The molecular weight excluding hydrogens is 236 g/mol. The van der Waals surface area contributed by atoms with E-state index >= 15 is 0 Å². The average molecular weight is 250 g/mol. The number of nitrogens with one attached hydrogen (secondary N) is 2. The minimum absolute atomic E-state index is 0.0324. The van der Waals surface area contributed by atoms with Gasteiger partial charge < -0.3 is 0 Å². The Morgan fingerprint density at radius 2 is 2.41 bits per heavy atom. The number of aromatic nitrogens is 3. The molecule has 0 aliphatic carbocycles. The monoisotopic (exact) mass is 250 g/mol. The highest BCUT2D eigenvalue weighted by molar-refractivity contribution is 7.11. The van der Waals surface area contributed by atoms with Crippen molar-refractivity contribution in [3.8, 4) is 0 Å². The fraction of sp³-hybridized carbons (Fsp3) is 0.364. The molecule has 2 heterocycles. The zero-order chi connectivity index (χ0) is 12.1. The third kappa shape index (κ3) is 3.67. The van der Waals surface area contributed by atoms with E-state index in [-0.39, 0.29) is 5.91 Å². The van der Waals surface area contributed by atoms with Crippen LogP contribution in [-0.4, -0.2) is 21.1 Å². The van der Waals surface area contributed by atoms with Gasteiger partial charge in [-0.25, -0.2) is 5.10 Å². The first-order valence-corrected chi connectivity index (χ1v) is 6.26. The summed E-state index contributed by atoms with van der Waals surface area (Å²) in [6, 6.07) is 4.23. The number of nitrogens with zero attached hydrogens (tertiary/aromatic N) is 2. The topological polar surface area (TPSA) is 70.7 Å². The maximum atomic E-state index is 11.5. The van der Waals surface area contributed by atoms with Gasteiger partial charge in [-0.2, -0.15) is 10.1 Å². The molecule has 0 fully saturated rings. The number of amides is 1. The zero-order valence-electron chi connectivity index (χ0n) is 9.56. The second kappa shape index (κ2) is 5.58. The summed E-state index contributed by atoms with van der Waals surface area (Å²) in [5.74, 6) is 0.372. The summed E-state index contributed by atoms with van der Waals surface area (Å²) >= 11 is 1.78. The molecule has 1 amide bonds. The first-order chi connectivity index (χ1) is 8.24. The van der Waals surface area contributed by atoms with Crippen LogP contribution < -0.4 is 5.32 Å². The van der Waals surface area contributed by atoms with Gasteiger partial charge in [-0.15, -0.1) is 11.3 Å². The highest BCUT2D eigenvalue weighted by atomic mass is 32.1. The molecule has 90 valence electrons. The first-order valence-electron chi connectivity index (χ1n) is 5.44. The van der Waals surface area contributed by atoms with Crippen LogP contribution in [0.2, 0.25) is 0 Å². The van der Waals surface area contributed by atoms with Crippen LogP contribution in [0.25, 0.3) is 0 Å². The number of thiophene rings is 1. The molecule has 0 aromatic carbocycles. The van der Waals surface area contributed by atoms with Crippen LogP contribution >= 0.6 is 11.3 Å². The number of aryl methyl sites for hydroxylation is 2. The number of H-pyrrole nitrogens is 1. The summed E-state index contributed by atoms with van der Waals surface area (Å²) in [6.07, 6.45) is 3.66. The van der Waals surface area contributed by atoms with Crippen LogP contribution in [0, 0.1) is 6.92 Å². The average Bonchev–Trinajstić information content (AvgIpc) is 2.90. The van der Waals surface area contributed by atoms with Crippen molar-refractivity contribution in [1.82, 2.24) is 15.2 Å². The molecule has 2 rings (SSSR count). The lowest BCUT2D eigenvalue weighted by molar-refractivity contribution is -0.116. The Hall–Kier alpha value is -1.69. The van der Waals surface area contributed by atoms with E-state index in [1.807, 2.05) is 0 Å². The molecule has 0 saturated carbocycles. The minimum Gasteiger partial charge on any atom is -0.295 e. The van der Waals surface area contributed by atoms with Crippen LogP contribution in [0.1, 0.15) is 22.6 Å². The second-order valence-electron chi connectivity index (χ2n) is 3.75. The lowest BCUT2D eigenvalue weighted by atomic mass is 10.2. The van der Waals surface area contributed by atoms with Crippen molar-refractivity contribution in [3.63, 3.8) is 0 Å². The fourth-order valence-electron chi connectivity index (χ4n) is 1.50. The molecular formula is C11H14N4OS. The maximum absolute atomic E-state index is 11.5. The summed E-state index contributed by atoms with van der Waals surface area (Å²) < 4.78 is 0. The molecule has 0 saturated heterocycles. The van der Waals surface area contributed by atoms with Gasteiger partial charge in [-0.3, -0.25) is 10.1 Å². The summed E-state index contributed by atoms with van der Waals surface area (Å²) in [5.41, 5.74) is 0. The van der Waals surface area contributed by atoms with Gasteiger partial charge in [0.2, 0.25) is 11.9 Å².